The summed E-state index contributed by atoms with van der Waals surface area (Å²) in [7, 11) is 1.58. The van der Waals surface area contributed by atoms with Crippen molar-refractivity contribution in [2.75, 3.05) is 0 Å². The summed E-state index contributed by atoms with van der Waals surface area (Å²) in [6, 6.07) is 1.94. The fraction of sp³-hybridized carbons (Fsp3) is 0.500. The molecule has 0 aromatic carbocycles. The lowest BCUT2D eigenvalue weighted by molar-refractivity contribution is 0.609. The topological polar surface area (TPSA) is 85.6 Å². The summed E-state index contributed by atoms with van der Waals surface area (Å²) in [6.07, 6.45) is 0.125. The molecule has 0 unspecified atom stereocenters. The third-order valence-electron chi connectivity index (χ3n) is 3.19. The number of hydrogen-bond donors (Lipinski definition) is 0. The minimum absolute atomic E-state index is 0.103. The van der Waals surface area contributed by atoms with Gasteiger partial charge in [-0.25, -0.2) is 9.78 Å². The fourth-order valence-corrected chi connectivity index (χ4v) is 2.23. The maximum Gasteiger partial charge on any atom is 0.332 e. The Morgan fingerprint density at radius 3 is 2.58 bits per heavy atom. The molecule has 0 spiro atoms. The Labute approximate surface area is 109 Å². The number of rotatable bonds is 3. The molecule has 0 aliphatic carbocycles. The van der Waals surface area contributed by atoms with Crippen LogP contribution >= 0.6 is 0 Å². The van der Waals surface area contributed by atoms with Gasteiger partial charge in [0.25, 0.3) is 5.56 Å². The Kier molecular flexibility index (Phi) is 3.25. The van der Waals surface area contributed by atoms with Crippen molar-refractivity contribution in [1.82, 2.24) is 18.7 Å². The first-order valence-corrected chi connectivity index (χ1v) is 6.06. The van der Waals surface area contributed by atoms with Gasteiger partial charge in [0, 0.05) is 20.1 Å². The van der Waals surface area contributed by atoms with Crippen LogP contribution in [0.5, 0.6) is 0 Å². The normalized spacial score (nSPS) is 10.8. The van der Waals surface area contributed by atoms with Gasteiger partial charge in [0.2, 0.25) is 0 Å². The van der Waals surface area contributed by atoms with E-state index < -0.39 is 5.69 Å². The Bertz CT molecular complexity index is 788. The molecule has 0 atom stereocenters. The molecule has 0 saturated heterocycles. The molecule has 0 fully saturated rings. The van der Waals surface area contributed by atoms with E-state index in [-0.39, 0.29) is 18.5 Å². The van der Waals surface area contributed by atoms with Gasteiger partial charge < -0.3 is 4.57 Å². The molecule has 0 radical (unpaired) electrons. The molecule has 0 aliphatic rings. The van der Waals surface area contributed by atoms with Crippen molar-refractivity contribution in [2.45, 2.75) is 33.4 Å². The molecule has 0 N–H and O–H groups in total. The van der Waals surface area contributed by atoms with Crippen molar-refractivity contribution in [3.8, 4) is 6.07 Å². The van der Waals surface area contributed by atoms with Crippen molar-refractivity contribution in [2.24, 2.45) is 7.05 Å². The van der Waals surface area contributed by atoms with Gasteiger partial charge in [-0.05, 0) is 13.8 Å². The first kappa shape index (κ1) is 13.1. The summed E-state index contributed by atoms with van der Waals surface area (Å²) in [5, 5.41) is 8.61. The van der Waals surface area contributed by atoms with E-state index in [9.17, 15) is 9.59 Å². The van der Waals surface area contributed by atoms with Crippen LogP contribution in [-0.2, 0) is 20.1 Å². The maximum absolute atomic E-state index is 12.4. The van der Waals surface area contributed by atoms with Gasteiger partial charge in [-0.1, -0.05) is 0 Å². The summed E-state index contributed by atoms with van der Waals surface area (Å²) in [5.41, 5.74) is -0.00750. The molecule has 2 heterocycles. The fourth-order valence-electron chi connectivity index (χ4n) is 2.23. The number of hydrogen-bond acceptors (Lipinski definition) is 4. The van der Waals surface area contributed by atoms with Gasteiger partial charge in [0.05, 0.1) is 12.5 Å². The van der Waals surface area contributed by atoms with Gasteiger partial charge in [-0.3, -0.25) is 13.9 Å². The van der Waals surface area contributed by atoms with Crippen LogP contribution in [0, 0.1) is 18.3 Å². The van der Waals surface area contributed by atoms with Crippen LogP contribution in [0.15, 0.2) is 9.59 Å². The van der Waals surface area contributed by atoms with E-state index >= 15 is 0 Å². The zero-order valence-corrected chi connectivity index (χ0v) is 11.2. The van der Waals surface area contributed by atoms with Crippen LogP contribution in [-0.4, -0.2) is 18.7 Å². The Hall–Kier alpha value is -2.36. The van der Waals surface area contributed by atoms with Crippen molar-refractivity contribution >= 4 is 11.2 Å². The molecule has 2 rings (SSSR count). The molecule has 0 bridgehead atoms. The molecule has 19 heavy (non-hydrogen) atoms. The Morgan fingerprint density at radius 1 is 1.32 bits per heavy atom. The molecule has 0 aliphatic heterocycles. The van der Waals surface area contributed by atoms with Gasteiger partial charge in [-0.2, -0.15) is 5.26 Å². The second kappa shape index (κ2) is 4.72. The first-order valence-electron chi connectivity index (χ1n) is 6.06. The largest absolute Gasteiger partial charge is 0.332 e. The monoisotopic (exact) mass is 261 g/mol. The van der Waals surface area contributed by atoms with E-state index in [4.69, 9.17) is 5.26 Å². The average molecular weight is 261 g/mol. The van der Waals surface area contributed by atoms with Crippen molar-refractivity contribution in [1.29, 1.82) is 5.26 Å². The molecular weight excluding hydrogens is 246 g/mol. The molecule has 7 nitrogen and oxygen atoms in total. The lowest BCUT2D eigenvalue weighted by Gasteiger charge is -2.07. The molecule has 2 aromatic rings. The zero-order valence-electron chi connectivity index (χ0n) is 11.2. The van der Waals surface area contributed by atoms with Crippen LogP contribution in [0.1, 0.15) is 19.2 Å². The second-order valence-electron chi connectivity index (χ2n) is 4.28. The highest BCUT2D eigenvalue weighted by Gasteiger charge is 2.17. The summed E-state index contributed by atoms with van der Waals surface area (Å²) >= 11 is 0. The first-order chi connectivity index (χ1) is 9.02. The minimum Gasteiger partial charge on any atom is -0.323 e. The number of imidazole rings is 1. The third-order valence-corrected chi connectivity index (χ3v) is 3.19. The van der Waals surface area contributed by atoms with Gasteiger partial charge in [-0.15, -0.1) is 0 Å². The predicted molar refractivity (Wildman–Crippen MR) is 69.9 cm³/mol. The predicted octanol–water partition coefficient (Wildman–Crippen LogP) is 0.139. The molecule has 7 heteroatoms. The molecule has 0 amide bonds. The summed E-state index contributed by atoms with van der Waals surface area (Å²) in [6.45, 7) is 4.42. The van der Waals surface area contributed by atoms with Crippen LogP contribution in [0.25, 0.3) is 11.2 Å². The van der Waals surface area contributed by atoms with Crippen LogP contribution in [0.3, 0.4) is 0 Å². The lowest BCUT2D eigenvalue weighted by atomic mass is 10.4. The highest BCUT2D eigenvalue weighted by molar-refractivity contribution is 5.70. The smallest absolute Gasteiger partial charge is 0.323 e. The maximum atomic E-state index is 12.4. The Morgan fingerprint density at radius 2 is 2.00 bits per heavy atom. The third kappa shape index (κ3) is 1.85. The van der Waals surface area contributed by atoms with E-state index in [1.54, 1.807) is 18.5 Å². The number of nitriles is 1. The number of aryl methyl sites for hydroxylation is 3. The SMILES string of the molecule is CCn1c(C)nc2c1c(=O)n(CCC#N)c(=O)n2C. The minimum atomic E-state index is -0.437. The van der Waals surface area contributed by atoms with Gasteiger partial charge >= 0.3 is 5.69 Å². The summed E-state index contributed by atoms with van der Waals surface area (Å²) in [5.74, 6) is 0.697. The molecule has 100 valence electrons. The van der Waals surface area contributed by atoms with E-state index in [0.29, 0.717) is 23.5 Å². The van der Waals surface area contributed by atoms with Crippen molar-refractivity contribution < 1.29 is 0 Å². The molecule has 0 saturated carbocycles. The average Bonchev–Trinajstić information content (AvgIpc) is 2.73. The van der Waals surface area contributed by atoms with Crippen LogP contribution in [0.4, 0.5) is 0 Å². The van der Waals surface area contributed by atoms with Gasteiger partial charge in [0.1, 0.15) is 5.82 Å². The van der Waals surface area contributed by atoms with E-state index in [2.05, 4.69) is 4.98 Å². The van der Waals surface area contributed by atoms with Crippen molar-refractivity contribution in [3.05, 3.63) is 26.7 Å². The highest BCUT2D eigenvalue weighted by atomic mass is 16.2. The number of nitrogens with zero attached hydrogens (tertiary/aromatic N) is 5. The Balaban J connectivity index is 2.90. The van der Waals surface area contributed by atoms with E-state index in [0.717, 1.165) is 4.57 Å². The molecule has 2 aromatic heterocycles. The number of fused-ring (bicyclic) bond motifs is 1. The quantitative estimate of drug-likeness (QED) is 0.786. The zero-order chi connectivity index (χ0) is 14.2. The second-order valence-corrected chi connectivity index (χ2v) is 4.28. The summed E-state index contributed by atoms with van der Waals surface area (Å²) < 4.78 is 4.23. The van der Waals surface area contributed by atoms with Crippen LogP contribution < -0.4 is 11.2 Å². The molecular formula is C12H15N5O2. The lowest BCUT2D eigenvalue weighted by Crippen LogP contribution is -2.39. The summed E-state index contributed by atoms with van der Waals surface area (Å²) in [4.78, 5) is 28.7. The van der Waals surface area contributed by atoms with E-state index in [1.165, 1.54) is 4.57 Å². The highest BCUT2D eigenvalue weighted by Crippen LogP contribution is 2.09. The van der Waals surface area contributed by atoms with Crippen molar-refractivity contribution in [3.63, 3.8) is 0 Å². The van der Waals surface area contributed by atoms with E-state index in [1.807, 2.05) is 13.0 Å². The number of aromatic nitrogens is 4. The van der Waals surface area contributed by atoms with Gasteiger partial charge in [0.15, 0.2) is 11.2 Å². The van der Waals surface area contributed by atoms with Crippen LogP contribution in [0.2, 0.25) is 0 Å². The standard InChI is InChI=1S/C12H15N5O2/c1-4-16-8(2)14-10-9(16)11(18)17(7-5-6-13)12(19)15(10)3/h4-5,7H2,1-3H3.